The molecule has 0 aliphatic heterocycles. The molecular formula is C19H19N3O. The second kappa shape index (κ2) is 5.54. The van der Waals surface area contributed by atoms with Crippen molar-refractivity contribution in [1.82, 2.24) is 14.8 Å². The van der Waals surface area contributed by atoms with Crippen LogP contribution in [0.5, 0.6) is 0 Å². The first-order chi connectivity index (χ1) is 11.2. The summed E-state index contributed by atoms with van der Waals surface area (Å²) in [4.78, 5) is 12.1. The number of H-pyrrole nitrogens is 1. The van der Waals surface area contributed by atoms with E-state index in [4.69, 9.17) is 0 Å². The zero-order chi connectivity index (χ0) is 15.8. The van der Waals surface area contributed by atoms with Gasteiger partial charge in [-0.15, -0.1) is 0 Å². The van der Waals surface area contributed by atoms with Crippen LogP contribution in [0.4, 0.5) is 0 Å². The number of rotatable bonds is 4. The van der Waals surface area contributed by atoms with Crippen molar-refractivity contribution in [1.29, 1.82) is 0 Å². The smallest absolute Gasteiger partial charge is 0.274 e. The number of aromatic nitrogens is 3. The molecule has 1 N–H and O–H groups in total. The number of aromatic amines is 1. The Morgan fingerprint density at radius 2 is 1.91 bits per heavy atom. The summed E-state index contributed by atoms with van der Waals surface area (Å²) in [6.45, 7) is 2.67. The fourth-order valence-corrected chi connectivity index (χ4v) is 2.96. The minimum atomic E-state index is -0.114. The Labute approximate surface area is 134 Å². The van der Waals surface area contributed by atoms with Crippen LogP contribution >= 0.6 is 0 Å². The molecule has 1 fully saturated rings. The number of hydrogen-bond acceptors (Lipinski definition) is 2. The van der Waals surface area contributed by atoms with E-state index in [1.807, 2.05) is 18.2 Å². The molecule has 1 saturated carbocycles. The van der Waals surface area contributed by atoms with Crippen LogP contribution in [0.25, 0.3) is 11.1 Å². The van der Waals surface area contributed by atoms with Crippen LogP contribution in [-0.2, 0) is 6.54 Å². The number of benzene rings is 2. The predicted molar refractivity (Wildman–Crippen MR) is 90.5 cm³/mol. The molecule has 0 unspecified atom stereocenters. The summed E-state index contributed by atoms with van der Waals surface area (Å²) < 4.78 is 1.79. The highest BCUT2D eigenvalue weighted by atomic mass is 16.1. The molecule has 116 valence electrons. The normalized spacial score (nSPS) is 14.1. The molecule has 4 heteroatoms. The fraction of sp³-hybridized carbons (Fsp3) is 0.263. The summed E-state index contributed by atoms with van der Waals surface area (Å²) in [5.74, 6) is 1.35. The van der Waals surface area contributed by atoms with Crippen LogP contribution in [0.2, 0.25) is 0 Å². The topological polar surface area (TPSA) is 50.7 Å². The molecule has 0 saturated heterocycles. The number of nitrogens with zero attached hydrogens (tertiary/aromatic N) is 2. The minimum Gasteiger partial charge on any atom is -0.274 e. The van der Waals surface area contributed by atoms with Gasteiger partial charge in [0.25, 0.3) is 0 Å². The molecule has 1 aliphatic rings. The lowest BCUT2D eigenvalue weighted by atomic mass is 9.99. The van der Waals surface area contributed by atoms with Crippen molar-refractivity contribution >= 4 is 0 Å². The Morgan fingerprint density at radius 3 is 2.65 bits per heavy atom. The summed E-state index contributed by atoms with van der Waals surface area (Å²) >= 11 is 0. The van der Waals surface area contributed by atoms with Crippen molar-refractivity contribution < 1.29 is 0 Å². The molecule has 1 aromatic heterocycles. The van der Waals surface area contributed by atoms with Crippen LogP contribution in [0.1, 0.15) is 35.7 Å². The second-order valence-electron chi connectivity index (χ2n) is 6.25. The highest BCUT2D eigenvalue weighted by Gasteiger charge is 2.29. The summed E-state index contributed by atoms with van der Waals surface area (Å²) in [6.07, 6.45) is 2.26. The van der Waals surface area contributed by atoms with Crippen LogP contribution in [-0.4, -0.2) is 14.8 Å². The van der Waals surface area contributed by atoms with E-state index in [0.717, 1.165) is 24.2 Å². The van der Waals surface area contributed by atoms with E-state index in [1.165, 1.54) is 16.7 Å². The Bertz CT molecular complexity index is 888. The number of hydrogen-bond donors (Lipinski definition) is 1. The standard InChI is InChI=1S/C19H19N3O/c1-13-7-8-16(14-5-3-2-4-6-14)11-17(13)12-22-18(15-9-10-15)20-21-19(22)23/h2-8,11,15H,9-10,12H2,1H3,(H,21,23). The van der Waals surface area contributed by atoms with E-state index in [1.54, 1.807) is 4.57 Å². The maximum Gasteiger partial charge on any atom is 0.343 e. The first kappa shape index (κ1) is 14.0. The largest absolute Gasteiger partial charge is 0.343 e. The van der Waals surface area contributed by atoms with Crippen LogP contribution in [0, 0.1) is 6.92 Å². The van der Waals surface area contributed by atoms with Gasteiger partial charge in [0.15, 0.2) is 0 Å². The SMILES string of the molecule is Cc1ccc(-c2ccccc2)cc1Cn1c(C2CC2)n[nH]c1=O. The van der Waals surface area contributed by atoms with Gasteiger partial charge in [-0.3, -0.25) is 4.57 Å². The zero-order valence-electron chi connectivity index (χ0n) is 13.1. The maximum absolute atomic E-state index is 12.1. The lowest BCUT2D eigenvalue weighted by molar-refractivity contribution is 0.703. The van der Waals surface area contributed by atoms with Gasteiger partial charge in [-0.1, -0.05) is 42.5 Å². The first-order valence-electron chi connectivity index (χ1n) is 8.02. The molecule has 3 aromatic rings. The van der Waals surface area contributed by atoms with Crippen molar-refractivity contribution in [3.8, 4) is 11.1 Å². The summed E-state index contributed by atoms with van der Waals surface area (Å²) in [6, 6.07) is 16.8. The molecule has 4 rings (SSSR count). The highest BCUT2D eigenvalue weighted by molar-refractivity contribution is 5.64. The van der Waals surface area contributed by atoms with E-state index in [-0.39, 0.29) is 5.69 Å². The zero-order valence-corrected chi connectivity index (χ0v) is 13.1. The summed E-state index contributed by atoms with van der Waals surface area (Å²) in [5.41, 5.74) is 4.61. The molecule has 0 radical (unpaired) electrons. The van der Waals surface area contributed by atoms with Crippen LogP contribution in [0.3, 0.4) is 0 Å². The van der Waals surface area contributed by atoms with Gasteiger partial charge in [0.2, 0.25) is 0 Å². The van der Waals surface area contributed by atoms with Crippen LogP contribution < -0.4 is 5.69 Å². The van der Waals surface area contributed by atoms with Crippen molar-refractivity contribution in [3.63, 3.8) is 0 Å². The lowest BCUT2D eigenvalue weighted by Crippen LogP contribution is -2.20. The lowest BCUT2D eigenvalue weighted by Gasteiger charge is -2.11. The van der Waals surface area contributed by atoms with Crippen LogP contribution in [0.15, 0.2) is 53.3 Å². The average molecular weight is 305 g/mol. The first-order valence-corrected chi connectivity index (χ1v) is 8.02. The Morgan fingerprint density at radius 1 is 1.13 bits per heavy atom. The van der Waals surface area contributed by atoms with Gasteiger partial charge < -0.3 is 0 Å². The minimum absolute atomic E-state index is 0.114. The van der Waals surface area contributed by atoms with E-state index in [0.29, 0.717) is 12.5 Å². The second-order valence-corrected chi connectivity index (χ2v) is 6.25. The molecule has 0 bridgehead atoms. The molecular weight excluding hydrogens is 286 g/mol. The third-order valence-corrected chi connectivity index (χ3v) is 4.52. The van der Waals surface area contributed by atoms with Gasteiger partial charge in [0, 0.05) is 5.92 Å². The predicted octanol–water partition coefficient (Wildman–Crippen LogP) is 3.47. The third-order valence-electron chi connectivity index (χ3n) is 4.52. The number of aryl methyl sites for hydroxylation is 1. The quantitative estimate of drug-likeness (QED) is 0.802. The molecule has 2 aromatic carbocycles. The van der Waals surface area contributed by atoms with Gasteiger partial charge in [-0.05, 0) is 48.1 Å². The van der Waals surface area contributed by atoms with Crippen molar-refractivity contribution in [2.75, 3.05) is 0 Å². The van der Waals surface area contributed by atoms with Gasteiger partial charge in [-0.25, -0.2) is 9.89 Å². The molecule has 1 heterocycles. The molecule has 0 spiro atoms. The third kappa shape index (κ3) is 2.72. The van der Waals surface area contributed by atoms with Crippen molar-refractivity contribution in [2.24, 2.45) is 0 Å². The van der Waals surface area contributed by atoms with Gasteiger partial charge in [-0.2, -0.15) is 5.10 Å². The summed E-state index contributed by atoms with van der Waals surface area (Å²) in [7, 11) is 0. The van der Waals surface area contributed by atoms with E-state index in [9.17, 15) is 4.79 Å². The molecule has 1 aliphatic carbocycles. The van der Waals surface area contributed by atoms with Gasteiger partial charge >= 0.3 is 5.69 Å². The monoisotopic (exact) mass is 305 g/mol. The molecule has 23 heavy (non-hydrogen) atoms. The van der Waals surface area contributed by atoms with Crippen molar-refractivity contribution in [3.05, 3.63) is 76.0 Å². The Kier molecular flexibility index (Phi) is 3.37. The fourth-order valence-electron chi connectivity index (χ4n) is 2.96. The van der Waals surface area contributed by atoms with Crippen molar-refractivity contribution in [2.45, 2.75) is 32.2 Å². The molecule has 0 amide bonds. The molecule has 0 atom stereocenters. The Hall–Kier alpha value is -2.62. The van der Waals surface area contributed by atoms with E-state index in [2.05, 4.69) is 47.5 Å². The van der Waals surface area contributed by atoms with E-state index >= 15 is 0 Å². The van der Waals surface area contributed by atoms with Gasteiger partial charge in [0.1, 0.15) is 5.82 Å². The maximum atomic E-state index is 12.1. The average Bonchev–Trinajstić information content (AvgIpc) is 3.35. The number of nitrogens with one attached hydrogen (secondary N) is 1. The van der Waals surface area contributed by atoms with E-state index < -0.39 is 0 Å². The highest BCUT2D eigenvalue weighted by Crippen LogP contribution is 2.38. The molecule has 4 nitrogen and oxygen atoms in total. The Balaban J connectivity index is 1.72. The summed E-state index contributed by atoms with van der Waals surface area (Å²) in [5, 5.41) is 6.81. The van der Waals surface area contributed by atoms with Gasteiger partial charge in [0.05, 0.1) is 6.54 Å².